The monoisotopic (exact) mass is 276 g/mol. The van der Waals surface area contributed by atoms with E-state index in [1.165, 1.54) is 12.1 Å². The fourth-order valence-electron chi connectivity index (χ4n) is 1.72. The van der Waals surface area contributed by atoms with E-state index in [0.29, 0.717) is 17.8 Å². The molecule has 0 radical (unpaired) electrons. The van der Waals surface area contributed by atoms with Gasteiger partial charge in [0.05, 0.1) is 10.5 Å². The zero-order valence-electron chi connectivity index (χ0n) is 11.6. The molecule has 0 aliphatic heterocycles. The Kier molecular flexibility index (Phi) is 3.54. The van der Waals surface area contributed by atoms with Crippen LogP contribution in [-0.4, -0.2) is 15.1 Å². The van der Waals surface area contributed by atoms with Gasteiger partial charge in [-0.25, -0.2) is 0 Å². The van der Waals surface area contributed by atoms with Crippen molar-refractivity contribution >= 4 is 5.69 Å². The lowest BCUT2D eigenvalue weighted by Crippen LogP contribution is -2.33. The van der Waals surface area contributed by atoms with Crippen LogP contribution in [0.25, 0.3) is 11.5 Å². The number of aromatic nitrogens is 2. The summed E-state index contributed by atoms with van der Waals surface area (Å²) in [5.41, 5.74) is 6.62. The number of nitrogens with two attached hydrogens (primary N) is 1. The van der Waals surface area contributed by atoms with Crippen LogP contribution < -0.4 is 5.73 Å². The summed E-state index contributed by atoms with van der Waals surface area (Å²) in [6, 6.07) is 4.65. The summed E-state index contributed by atoms with van der Waals surface area (Å²) < 4.78 is 5.16. The maximum atomic E-state index is 10.9. The van der Waals surface area contributed by atoms with E-state index in [-0.39, 0.29) is 11.6 Å². The van der Waals surface area contributed by atoms with Crippen LogP contribution in [0.4, 0.5) is 5.69 Å². The highest BCUT2D eigenvalue weighted by molar-refractivity contribution is 5.59. The second-order valence-electron chi connectivity index (χ2n) is 5.01. The Morgan fingerprint density at radius 2 is 2.15 bits per heavy atom. The quantitative estimate of drug-likeness (QED) is 0.679. The van der Waals surface area contributed by atoms with Gasteiger partial charge in [-0.2, -0.15) is 4.98 Å². The largest absolute Gasteiger partial charge is 0.334 e. The maximum absolute atomic E-state index is 10.9. The predicted molar refractivity (Wildman–Crippen MR) is 73.0 cm³/mol. The van der Waals surface area contributed by atoms with Crippen LogP contribution in [0, 0.1) is 17.0 Å². The average molecular weight is 276 g/mol. The topological polar surface area (TPSA) is 108 Å². The summed E-state index contributed by atoms with van der Waals surface area (Å²) in [6.45, 7) is 5.50. The molecule has 2 N–H and O–H groups in total. The number of nitro benzene ring substituents is 1. The molecule has 106 valence electrons. The molecule has 0 amide bonds. The van der Waals surface area contributed by atoms with Crippen molar-refractivity contribution < 1.29 is 9.45 Å². The summed E-state index contributed by atoms with van der Waals surface area (Å²) in [5.74, 6) is 0.621. The molecule has 0 aliphatic carbocycles. The van der Waals surface area contributed by atoms with Gasteiger partial charge in [-0.05, 0) is 31.9 Å². The molecule has 1 unspecified atom stereocenters. The van der Waals surface area contributed by atoms with Crippen molar-refractivity contribution in [3.05, 3.63) is 39.7 Å². The molecule has 2 rings (SSSR count). The van der Waals surface area contributed by atoms with Gasteiger partial charge in [0.1, 0.15) is 0 Å². The normalized spacial score (nSPS) is 14.0. The molecule has 7 heteroatoms. The molecule has 0 spiro atoms. The van der Waals surface area contributed by atoms with Crippen LogP contribution in [0.3, 0.4) is 0 Å². The molecule has 0 saturated carbocycles. The molecule has 1 heterocycles. The van der Waals surface area contributed by atoms with Crippen molar-refractivity contribution in [2.24, 2.45) is 5.73 Å². The fourth-order valence-corrected chi connectivity index (χ4v) is 1.72. The number of benzene rings is 1. The molecule has 1 aromatic heterocycles. The van der Waals surface area contributed by atoms with Crippen molar-refractivity contribution in [1.29, 1.82) is 0 Å². The molecule has 0 fully saturated rings. The Morgan fingerprint density at radius 1 is 1.45 bits per heavy atom. The van der Waals surface area contributed by atoms with Crippen molar-refractivity contribution in [2.75, 3.05) is 0 Å². The number of aryl methyl sites for hydroxylation is 1. The summed E-state index contributed by atoms with van der Waals surface area (Å²) in [5, 5.41) is 14.7. The Bertz CT molecular complexity index is 649. The van der Waals surface area contributed by atoms with Gasteiger partial charge in [0, 0.05) is 17.7 Å². The lowest BCUT2D eigenvalue weighted by Gasteiger charge is -2.16. The molecule has 1 aromatic carbocycles. The van der Waals surface area contributed by atoms with Gasteiger partial charge >= 0.3 is 0 Å². The molecule has 7 nitrogen and oxygen atoms in total. The molecule has 2 aromatic rings. The lowest BCUT2D eigenvalue weighted by atomic mass is 10.00. The number of nitrogens with zero attached hydrogens (tertiary/aromatic N) is 3. The summed E-state index contributed by atoms with van der Waals surface area (Å²) in [4.78, 5) is 14.7. The van der Waals surface area contributed by atoms with Crippen LogP contribution in [-0.2, 0) is 5.54 Å². The minimum atomic E-state index is -0.683. The first-order valence-electron chi connectivity index (χ1n) is 6.23. The first-order chi connectivity index (χ1) is 9.33. The predicted octanol–water partition coefficient (Wildman–Crippen LogP) is 2.54. The number of non-ortho nitro benzene ring substituents is 1. The van der Waals surface area contributed by atoms with Gasteiger partial charge in [-0.15, -0.1) is 0 Å². The van der Waals surface area contributed by atoms with E-state index < -0.39 is 10.5 Å². The second kappa shape index (κ2) is 5.01. The minimum absolute atomic E-state index is 0.00856. The zero-order valence-corrected chi connectivity index (χ0v) is 11.6. The van der Waals surface area contributed by atoms with Gasteiger partial charge in [0.25, 0.3) is 11.6 Å². The van der Waals surface area contributed by atoms with Gasteiger partial charge in [-0.1, -0.05) is 12.1 Å². The Morgan fingerprint density at radius 3 is 2.75 bits per heavy atom. The van der Waals surface area contributed by atoms with Crippen LogP contribution in [0.5, 0.6) is 0 Å². The molecule has 20 heavy (non-hydrogen) atoms. The number of hydrogen-bond acceptors (Lipinski definition) is 6. The van der Waals surface area contributed by atoms with Gasteiger partial charge < -0.3 is 10.3 Å². The first-order valence-corrected chi connectivity index (χ1v) is 6.23. The van der Waals surface area contributed by atoms with Gasteiger partial charge in [-0.3, -0.25) is 10.1 Å². The Balaban J connectivity index is 2.45. The van der Waals surface area contributed by atoms with Crippen molar-refractivity contribution in [3.8, 4) is 11.5 Å². The average Bonchev–Trinajstić information content (AvgIpc) is 2.88. The third-order valence-corrected chi connectivity index (χ3v) is 3.19. The van der Waals surface area contributed by atoms with Crippen LogP contribution >= 0.6 is 0 Å². The number of rotatable bonds is 4. The van der Waals surface area contributed by atoms with Crippen molar-refractivity contribution in [2.45, 2.75) is 32.7 Å². The molecule has 0 aliphatic rings. The van der Waals surface area contributed by atoms with Crippen LogP contribution in [0.15, 0.2) is 22.7 Å². The smallest absolute Gasteiger partial charge is 0.270 e. The van der Waals surface area contributed by atoms with Gasteiger partial charge in [0.15, 0.2) is 5.82 Å². The molecular weight excluding hydrogens is 260 g/mol. The summed E-state index contributed by atoms with van der Waals surface area (Å²) in [7, 11) is 0. The summed E-state index contributed by atoms with van der Waals surface area (Å²) in [6.07, 6.45) is 0.653. The fraction of sp³-hybridized carbons (Fsp3) is 0.385. The highest BCUT2D eigenvalue weighted by atomic mass is 16.6. The molecule has 0 saturated heterocycles. The van der Waals surface area contributed by atoms with Crippen molar-refractivity contribution in [1.82, 2.24) is 10.1 Å². The highest BCUT2D eigenvalue weighted by Gasteiger charge is 2.26. The number of hydrogen-bond donors (Lipinski definition) is 1. The van der Waals surface area contributed by atoms with Crippen molar-refractivity contribution in [3.63, 3.8) is 0 Å². The van der Waals surface area contributed by atoms with E-state index in [4.69, 9.17) is 10.3 Å². The third kappa shape index (κ3) is 2.67. The van der Waals surface area contributed by atoms with Crippen LogP contribution in [0.2, 0.25) is 0 Å². The second-order valence-corrected chi connectivity index (χ2v) is 5.01. The first kappa shape index (κ1) is 14.1. The van der Waals surface area contributed by atoms with E-state index in [1.54, 1.807) is 19.9 Å². The SMILES string of the molecule is CCC(C)(N)c1noc(-c2cc(C)cc([N+](=O)[O-])c2)n1. The number of nitro groups is 1. The van der Waals surface area contributed by atoms with E-state index in [1.807, 2.05) is 6.92 Å². The lowest BCUT2D eigenvalue weighted by molar-refractivity contribution is -0.384. The Labute approximate surface area is 115 Å². The third-order valence-electron chi connectivity index (χ3n) is 3.19. The zero-order chi connectivity index (χ0) is 14.9. The van der Waals surface area contributed by atoms with E-state index in [2.05, 4.69) is 10.1 Å². The Hall–Kier alpha value is -2.28. The van der Waals surface area contributed by atoms with E-state index >= 15 is 0 Å². The van der Waals surface area contributed by atoms with E-state index in [0.717, 1.165) is 5.56 Å². The molecule has 0 bridgehead atoms. The van der Waals surface area contributed by atoms with Gasteiger partial charge in [0.2, 0.25) is 0 Å². The molecular formula is C13H16N4O3. The minimum Gasteiger partial charge on any atom is -0.334 e. The standard InChI is InChI=1S/C13H16N4O3/c1-4-13(3,14)12-15-11(20-16-12)9-5-8(2)6-10(7-9)17(18)19/h5-7H,4,14H2,1-3H3. The molecule has 1 atom stereocenters. The highest BCUT2D eigenvalue weighted by Crippen LogP contribution is 2.27. The van der Waals surface area contributed by atoms with Crippen LogP contribution in [0.1, 0.15) is 31.7 Å². The van der Waals surface area contributed by atoms with E-state index in [9.17, 15) is 10.1 Å². The summed E-state index contributed by atoms with van der Waals surface area (Å²) >= 11 is 0. The maximum Gasteiger partial charge on any atom is 0.270 e.